The maximum absolute atomic E-state index is 13.4. The van der Waals surface area contributed by atoms with Gasteiger partial charge < -0.3 is 0 Å². The second kappa shape index (κ2) is 6.19. The molecular formula is C21H24FN3. The van der Waals surface area contributed by atoms with E-state index in [4.69, 9.17) is 0 Å². The summed E-state index contributed by atoms with van der Waals surface area (Å²) in [5, 5.41) is 0. The summed E-state index contributed by atoms with van der Waals surface area (Å²) in [5.41, 5.74) is 2.63. The first-order chi connectivity index (χ1) is 12.3. The van der Waals surface area contributed by atoms with Crippen LogP contribution in [0.1, 0.15) is 29.9 Å². The first-order valence-corrected chi connectivity index (χ1v) is 9.42. The van der Waals surface area contributed by atoms with Gasteiger partial charge in [-0.25, -0.2) is 4.39 Å². The van der Waals surface area contributed by atoms with Crippen molar-refractivity contribution in [3.63, 3.8) is 0 Å². The van der Waals surface area contributed by atoms with E-state index in [0.717, 1.165) is 19.0 Å². The summed E-state index contributed by atoms with van der Waals surface area (Å²) in [4.78, 5) is 9.53. The quantitative estimate of drug-likeness (QED) is 0.857. The summed E-state index contributed by atoms with van der Waals surface area (Å²) in [5.74, 6) is 1.15. The van der Waals surface area contributed by atoms with Gasteiger partial charge in [-0.3, -0.25) is 14.8 Å². The van der Waals surface area contributed by atoms with E-state index in [-0.39, 0.29) is 5.82 Å². The van der Waals surface area contributed by atoms with Gasteiger partial charge in [0.05, 0.1) is 0 Å². The zero-order valence-corrected chi connectivity index (χ0v) is 14.4. The number of benzene rings is 1. The molecule has 5 heterocycles. The molecule has 4 saturated heterocycles. The molecule has 4 fully saturated rings. The van der Waals surface area contributed by atoms with E-state index in [0.29, 0.717) is 18.0 Å². The number of fused-ring (bicyclic) bond motifs is 2. The molecule has 2 aromatic rings. The van der Waals surface area contributed by atoms with E-state index in [2.05, 4.69) is 26.9 Å². The maximum Gasteiger partial charge on any atom is 0.123 e. The van der Waals surface area contributed by atoms with Gasteiger partial charge in [-0.05, 0) is 67.2 Å². The fourth-order valence-electron chi connectivity index (χ4n) is 5.45. The third kappa shape index (κ3) is 2.68. The molecule has 3 atom stereocenters. The van der Waals surface area contributed by atoms with E-state index < -0.39 is 0 Å². The van der Waals surface area contributed by atoms with Gasteiger partial charge in [0, 0.05) is 43.5 Å². The molecule has 6 rings (SSSR count). The van der Waals surface area contributed by atoms with Crippen LogP contribution in [0.4, 0.5) is 4.39 Å². The van der Waals surface area contributed by atoms with Crippen LogP contribution >= 0.6 is 0 Å². The second-order valence-corrected chi connectivity index (χ2v) is 7.80. The van der Waals surface area contributed by atoms with Gasteiger partial charge in [-0.15, -0.1) is 0 Å². The molecule has 130 valence electrons. The Morgan fingerprint density at radius 3 is 2.40 bits per heavy atom. The molecule has 0 amide bonds. The summed E-state index contributed by atoms with van der Waals surface area (Å²) in [6, 6.07) is 12.7. The second-order valence-electron chi connectivity index (χ2n) is 7.80. The van der Waals surface area contributed by atoms with Crippen molar-refractivity contribution in [2.24, 2.45) is 5.92 Å². The predicted octanol–water partition coefficient (Wildman–Crippen LogP) is 3.28. The summed E-state index contributed by atoms with van der Waals surface area (Å²) in [7, 11) is 0. The molecule has 2 bridgehead atoms. The molecule has 0 radical (unpaired) electrons. The van der Waals surface area contributed by atoms with E-state index >= 15 is 0 Å². The molecule has 0 saturated carbocycles. The molecule has 3 nitrogen and oxygen atoms in total. The van der Waals surface area contributed by atoms with Gasteiger partial charge in [-0.1, -0.05) is 12.1 Å². The Hall–Kier alpha value is -1.78. The lowest BCUT2D eigenvalue weighted by Gasteiger charge is -2.51. The summed E-state index contributed by atoms with van der Waals surface area (Å²) >= 11 is 0. The van der Waals surface area contributed by atoms with Crippen LogP contribution in [-0.4, -0.2) is 46.5 Å². The molecular weight excluding hydrogens is 313 g/mol. The predicted molar refractivity (Wildman–Crippen MR) is 95.7 cm³/mol. The zero-order chi connectivity index (χ0) is 16.8. The summed E-state index contributed by atoms with van der Waals surface area (Å²) in [6.45, 7) is 4.52. The van der Waals surface area contributed by atoms with E-state index in [9.17, 15) is 4.39 Å². The Kier molecular flexibility index (Phi) is 3.83. The number of hydrogen-bond donors (Lipinski definition) is 0. The SMILES string of the molecule is Fc1ccc([C@H]2CN(Cc3ccncc3)[C@@H]3C4CCN(CC4)[C@H]23)cc1. The molecule has 4 aliphatic rings. The third-order valence-corrected chi connectivity index (χ3v) is 6.53. The molecule has 25 heavy (non-hydrogen) atoms. The Bertz CT molecular complexity index is 725. The van der Waals surface area contributed by atoms with Gasteiger partial charge in [0.2, 0.25) is 0 Å². The highest BCUT2D eigenvalue weighted by Crippen LogP contribution is 2.46. The van der Waals surface area contributed by atoms with Gasteiger partial charge in [0.25, 0.3) is 0 Å². The van der Waals surface area contributed by atoms with Crippen LogP contribution in [-0.2, 0) is 6.54 Å². The highest BCUT2D eigenvalue weighted by molar-refractivity contribution is 5.28. The molecule has 1 aromatic heterocycles. The fourth-order valence-corrected chi connectivity index (χ4v) is 5.45. The summed E-state index contributed by atoms with van der Waals surface area (Å²) < 4.78 is 13.4. The van der Waals surface area contributed by atoms with Crippen molar-refractivity contribution in [3.8, 4) is 0 Å². The summed E-state index contributed by atoms with van der Waals surface area (Å²) in [6.07, 6.45) is 6.42. The lowest BCUT2D eigenvalue weighted by Crippen LogP contribution is -2.59. The van der Waals surface area contributed by atoms with Gasteiger partial charge >= 0.3 is 0 Å². The van der Waals surface area contributed by atoms with Gasteiger partial charge in [0.1, 0.15) is 5.82 Å². The highest BCUT2D eigenvalue weighted by Gasteiger charge is 2.53. The normalized spacial score (nSPS) is 34.2. The molecule has 0 aliphatic carbocycles. The third-order valence-electron chi connectivity index (χ3n) is 6.53. The lowest BCUT2D eigenvalue weighted by atomic mass is 9.75. The standard InChI is InChI=1S/C21H24FN3/c22-18-3-1-16(2-4-18)19-14-25(13-15-5-9-23-10-6-15)20-17-7-11-24(12-8-17)21(19)20/h1-6,9-10,17,19-21H,7-8,11-14H2/t19-,20-,21-/m1/s1. The topological polar surface area (TPSA) is 19.4 Å². The van der Waals surface area contributed by atoms with Crippen LogP contribution in [0.5, 0.6) is 0 Å². The number of piperidine rings is 3. The smallest absolute Gasteiger partial charge is 0.123 e. The lowest BCUT2D eigenvalue weighted by molar-refractivity contribution is -0.00869. The Morgan fingerprint density at radius 1 is 0.960 bits per heavy atom. The minimum absolute atomic E-state index is 0.141. The minimum Gasteiger partial charge on any atom is -0.298 e. The Labute approximate surface area is 148 Å². The number of aromatic nitrogens is 1. The van der Waals surface area contributed by atoms with Crippen LogP contribution in [0.2, 0.25) is 0 Å². The first-order valence-electron chi connectivity index (χ1n) is 9.42. The van der Waals surface area contributed by atoms with Crippen LogP contribution in [0, 0.1) is 11.7 Å². The highest BCUT2D eigenvalue weighted by atomic mass is 19.1. The van der Waals surface area contributed by atoms with Gasteiger partial charge in [0.15, 0.2) is 0 Å². The Balaban J connectivity index is 1.47. The average Bonchev–Trinajstić information content (AvgIpc) is 3.06. The van der Waals surface area contributed by atoms with E-state index in [1.807, 2.05) is 24.5 Å². The average molecular weight is 337 g/mol. The Morgan fingerprint density at radius 2 is 1.68 bits per heavy atom. The van der Waals surface area contributed by atoms with Crippen molar-refractivity contribution < 1.29 is 4.39 Å². The number of hydrogen-bond acceptors (Lipinski definition) is 3. The van der Waals surface area contributed by atoms with Crippen molar-refractivity contribution in [1.82, 2.24) is 14.8 Å². The molecule has 0 spiro atoms. The minimum atomic E-state index is -0.141. The fraction of sp³-hybridized carbons (Fsp3) is 0.476. The van der Waals surface area contributed by atoms with Crippen molar-refractivity contribution in [2.75, 3.05) is 19.6 Å². The number of nitrogens with zero attached hydrogens (tertiary/aromatic N) is 3. The first kappa shape index (κ1) is 15.5. The molecule has 1 aromatic carbocycles. The number of rotatable bonds is 3. The number of pyridine rings is 1. The molecule has 0 unspecified atom stereocenters. The van der Waals surface area contributed by atoms with Crippen molar-refractivity contribution >= 4 is 0 Å². The van der Waals surface area contributed by atoms with Gasteiger partial charge in [-0.2, -0.15) is 0 Å². The van der Waals surface area contributed by atoms with Crippen LogP contribution in [0.25, 0.3) is 0 Å². The largest absolute Gasteiger partial charge is 0.298 e. The maximum atomic E-state index is 13.4. The van der Waals surface area contributed by atoms with E-state index in [1.54, 1.807) is 12.1 Å². The number of halogens is 1. The van der Waals surface area contributed by atoms with Crippen molar-refractivity contribution in [2.45, 2.75) is 37.4 Å². The van der Waals surface area contributed by atoms with Crippen LogP contribution < -0.4 is 0 Å². The number of likely N-dealkylation sites (tertiary alicyclic amines) is 1. The molecule has 0 N–H and O–H groups in total. The zero-order valence-electron chi connectivity index (χ0n) is 14.4. The monoisotopic (exact) mass is 337 g/mol. The van der Waals surface area contributed by atoms with E-state index in [1.165, 1.54) is 37.1 Å². The van der Waals surface area contributed by atoms with Crippen LogP contribution in [0.3, 0.4) is 0 Å². The molecule has 4 heteroatoms. The molecule has 4 aliphatic heterocycles. The van der Waals surface area contributed by atoms with Crippen molar-refractivity contribution in [3.05, 3.63) is 65.7 Å². The van der Waals surface area contributed by atoms with Crippen molar-refractivity contribution in [1.29, 1.82) is 0 Å². The van der Waals surface area contributed by atoms with Crippen LogP contribution in [0.15, 0.2) is 48.8 Å².